The molecule has 1 unspecified atom stereocenters. The summed E-state index contributed by atoms with van der Waals surface area (Å²) < 4.78 is 0. The Labute approximate surface area is 147 Å². The second kappa shape index (κ2) is 9.64. The smallest absolute Gasteiger partial charge is 0.255 e. The topological polar surface area (TPSA) is 76.6 Å². The van der Waals surface area contributed by atoms with Crippen LogP contribution in [-0.2, 0) is 16.2 Å². The van der Waals surface area contributed by atoms with Crippen LogP contribution in [0.2, 0.25) is 0 Å². The molecule has 6 nitrogen and oxygen atoms in total. The normalized spacial score (nSPS) is 11.6. The number of halogens is 1. The lowest BCUT2D eigenvalue weighted by Gasteiger charge is -2.16. The number of carbonyl (C=O) groups excluding carboxylic acids is 1. The molecule has 0 aliphatic carbocycles. The summed E-state index contributed by atoms with van der Waals surface area (Å²) in [5.41, 5.74) is 1.89. The van der Waals surface area contributed by atoms with E-state index in [9.17, 15) is 9.90 Å². The first-order valence-corrected chi connectivity index (χ1v) is 7.18. The highest BCUT2D eigenvalue weighted by Crippen LogP contribution is 2.16. The van der Waals surface area contributed by atoms with E-state index in [2.05, 4.69) is 10.1 Å². The SMILES string of the molecule is CN(C)C(=O)C(O)c1cccnc1C=[NH+]OCc1ccccc1.[Cl-]. The molecular weight excluding hydrogens is 330 g/mol. The summed E-state index contributed by atoms with van der Waals surface area (Å²) in [6.07, 6.45) is 1.84. The van der Waals surface area contributed by atoms with E-state index < -0.39 is 12.0 Å². The molecule has 2 N–H and O–H groups in total. The Kier molecular flexibility index (Phi) is 7.88. The van der Waals surface area contributed by atoms with Crippen LogP contribution in [0.3, 0.4) is 0 Å². The molecule has 0 saturated carbocycles. The average molecular weight is 350 g/mol. The highest BCUT2D eigenvalue weighted by Gasteiger charge is 2.22. The van der Waals surface area contributed by atoms with E-state index in [0.717, 1.165) is 5.56 Å². The van der Waals surface area contributed by atoms with Gasteiger partial charge in [0.2, 0.25) is 6.21 Å². The third kappa shape index (κ3) is 5.33. The minimum absolute atomic E-state index is 0. The molecule has 24 heavy (non-hydrogen) atoms. The summed E-state index contributed by atoms with van der Waals surface area (Å²) in [5.74, 6) is -0.405. The fraction of sp³-hybridized carbons (Fsp3) is 0.235. The molecule has 1 heterocycles. The number of amides is 1. The number of nitrogens with one attached hydrogen (secondary N) is 1. The number of rotatable bonds is 6. The second-order valence-corrected chi connectivity index (χ2v) is 5.15. The van der Waals surface area contributed by atoms with Crippen LogP contribution in [0.4, 0.5) is 0 Å². The van der Waals surface area contributed by atoms with E-state index in [-0.39, 0.29) is 12.4 Å². The molecule has 0 aliphatic heterocycles. The molecule has 1 atom stereocenters. The average Bonchev–Trinajstić information content (AvgIpc) is 2.58. The zero-order chi connectivity index (χ0) is 16.7. The van der Waals surface area contributed by atoms with Crippen molar-refractivity contribution in [2.24, 2.45) is 0 Å². The molecule has 2 aromatic rings. The van der Waals surface area contributed by atoms with Gasteiger partial charge in [0.25, 0.3) is 5.91 Å². The van der Waals surface area contributed by atoms with E-state index >= 15 is 0 Å². The summed E-state index contributed by atoms with van der Waals surface area (Å²) in [5, 5.41) is 12.8. The summed E-state index contributed by atoms with van der Waals surface area (Å²) in [7, 11) is 3.18. The van der Waals surface area contributed by atoms with Crippen molar-refractivity contribution in [2.45, 2.75) is 12.7 Å². The lowest BCUT2D eigenvalue weighted by molar-refractivity contribution is -0.755. The lowest BCUT2D eigenvalue weighted by Crippen LogP contribution is -3.00. The molecule has 128 valence electrons. The maximum atomic E-state index is 11.9. The van der Waals surface area contributed by atoms with Crippen LogP contribution in [0, 0.1) is 0 Å². The number of hydrogen-bond acceptors (Lipinski definition) is 4. The van der Waals surface area contributed by atoms with E-state index in [1.807, 2.05) is 30.3 Å². The number of carbonyl (C=O) groups is 1. The molecule has 0 aliphatic rings. The molecule has 7 heteroatoms. The predicted molar refractivity (Wildman–Crippen MR) is 85.3 cm³/mol. The van der Waals surface area contributed by atoms with Crippen LogP contribution < -0.4 is 17.6 Å². The number of pyridine rings is 1. The zero-order valence-electron chi connectivity index (χ0n) is 13.5. The minimum atomic E-state index is -1.26. The van der Waals surface area contributed by atoms with Gasteiger partial charge in [-0.3, -0.25) is 14.6 Å². The summed E-state index contributed by atoms with van der Waals surface area (Å²) in [4.78, 5) is 22.7. The Balaban J connectivity index is 0.00000288. The molecule has 0 saturated heterocycles. The molecule has 0 bridgehead atoms. The van der Waals surface area contributed by atoms with E-state index in [1.54, 1.807) is 32.4 Å². The molecule has 1 amide bonds. The van der Waals surface area contributed by atoms with Crippen molar-refractivity contribution in [3.8, 4) is 0 Å². The molecule has 0 radical (unpaired) electrons. The van der Waals surface area contributed by atoms with E-state index in [1.165, 1.54) is 11.1 Å². The first-order chi connectivity index (χ1) is 11.1. The van der Waals surface area contributed by atoms with Gasteiger partial charge in [0.15, 0.2) is 12.7 Å². The van der Waals surface area contributed by atoms with Crippen molar-refractivity contribution in [3.63, 3.8) is 0 Å². The first kappa shape index (κ1) is 19.6. The van der Waals surface area contributed by atoms with Crippen LogP contribution in [0.15, 0.2) is 48.7 Å². The van der Waals surface area contributed by atoms with Crippen LogP contribution in [-0.4, -0.2) is 41.2 Å². The van der Waals surface area contributed by atoms with Crippen LogP contribution >= 0.6 is 0 Å². The second-order valence-electron chi connectivity index (χ2n) is 5.15. The molecule has 2 rings (SSSR count). The van der Waals surface area contributed by atoms with E-state index in [4.69, 9.17) is 4.84 Å². The predicted octanol–water partition coefficient (Wildman–Crippen LogP) is -3.16. The Morgan fingerprint density at radius 3 is 2.67 bits per heavy atom. The Morgan fingerprint density at radius 2 is 2.00 bits per heavy atom. The number of aliphatic hydroxyl groups excluding tert-OH is 1. The van der Waals surface area contributed by atoms with Gasteiger partial charge in [-0.2, -0.15) is 0 Å². The van der Waals surface area contributed by atoms with Gasteiger partial charge < -0.3 is 22.4 Å². The number of aromatic nitrogens is 1. The third-order valence-electron chi connectivity index (χ3n) is 3.20. The number of aliphatic hydroxyl groups is 1. The summed E-state index contributed by atoms with van der Waals surface area (Å²) in [6.45, 7) is 0.388. The Morgan fingerprint density at radius 1 is 1.29 bits per heavy atom. The van der Waals surface area contributed by atoms with Gasteiger partial charge in [0.1, 0.15) is 5.69 Å². The fourth-order valence-electron chi connectivity index (χ4n) is 1.96. The Bertz CT molecular complexity index is 678. The van der Waals surface area contributed by atoms with Gasteiger partial charge in [-0.05, 0) is 16.8 Å². The largest absolute Gasteiger partial charge is 1.00 e. The minimum Gasteiger partial charge on any atom is -1.00 e. The van der Waals surface area contributed by atoms with Crippen LogP contribution in [0.25, 0.3) is 0 Å². The molecule has 1 aromatic heterocycles. The van der Waals surface area contributed by atoms with E-state index in [0.29, 0.717) is 17.9 Å². The van der Waals surface area contributed by atoms with Gasteiger partial charge in [-0.15, -0.1) is 0 Å². The van der Waals surface area contributed by atoms with Gasteiger partial charge in [0.05, 0.1) is 0 Å². The fourth-order valence-corrected chi connectivity index (χ4v) is 1.96. The van der Waals surface area contributed by atoms with Crippen molar-refractivity contribution < 1.29 is 32.3 Å². The molecule has 0 fully saturated rings. The maximum Gasteiger partial charge on any atom is 0.255 e. The number of hydrogen-bond donors (Lipinski definition) is 2. The van der Waals surface area contributed by atoms with Crippen LogP contribution in [0.1, 0.15) is 22.9 Å². The molecule has 1 aromatic carbocycles. The zero-order valence-corrected chi connectivity index (χ0v) is 14.3. The van der Waals surface area contributed by atoms with Crippen molar-refractivity contribution in [1.29, 1.82) is 0 Å². The number of benzene rings is 1. The molecule has 0 spiro atoms. The Hall–Kier alpha value is -2.44. The van der Waals surface area contributed by atoms with Crippen molar-refractivity contribution in [1.82, 2.24) is 9.88 Å². The lowest BCUT2D eigenvalue weighted by atomic mass is 10.1. The number of likely N-dealkylation sites (N-methyl/N-ethyl adjacent to an activating group) is 1. The van der Waals surface area contributed by atoms with Gasteiger partial charge in [0, 0.05) is 25.9 Å². The quantitative estimate of drug-likeness (QED) is 0.426. The van der Waals surface area contributed by atoms with Gasteiger partial charge in [-0.25, -0.2) is 0 Å². The monoisotopic (exact) mass is 349 g/mol. The molecular formula is C17H20ClN3O3. The van der Waals surface area contributed by atoms with Crippen molar-refractivity contribution in [2.75, 3.05) is 14.1 Å². The summed E-state index contributed by atoms with van der Waals surface area (Å²) >= 11 is 0. The highest BCUT2D eigenvalue weighted by atomic mass is 35.5. The van der Waals surface area contributed by atoms with Crippen molar-refractivity contribution >= 4 is 12.1 Å². The van der Waals surface area contributed by atoms with Gasteiger partial charge in [-0.1, -0.05) is 36.4 Å². The summed E-state index contributed by atoms with van der Waals surface area (Å²) in [6, 6.07) is 13.0. The maximum absolute atomic E-state index is 11.9. The highest BCUT2D eigenvalue weighted by molar-refractivity contribution is 5.85. The third-order valence-corrected chi connectivity index (χ3v) is 3.20. The van der Waals surface area contributed by atoms with Gasteiger partial charge >= 0.3 is 0 Å². The van der Waals surface area contributed by atoms with Crippen molar-refractivity contribution in [3.05, 3.63) is 65.5 Å². The number of nitrogens with zero attached hydrogens (tertiary/aromatic N) is 2. The standard InChI is InChI=1S/C17H19N3O3.ClH/c1-20(2)17(22)16(21)14-9-6-10-18-15(14)11-19-23-12-13-7-4-3-5-8-13;/h3-11,16,21H,12H2,1-2H3;1H. The first-order valence-electron chi connectivity index (χ1n) is 7.18. The van der Waals surface area contributed by atoms with Crippen LogP contribution in [0.5, 0.6) is 0 Å².